The van der Waals surface area contributed by atoms with Crippen LogP contribution < -0.4 is 5.32 Å². The number of ether oxygens (including phenoxy) is 1. The Morgan fingerprint density at radius 1 is 1.33 bits per heavy atom. The van der Waals surface area contributed by atoms with E-state index >= 15 is 0 Å². The van der Waals surface area contributed by atoms with Crippen LogP contribution in [0.4, 0.5) is 4.79 Å². The number of carbonyl (C=O) groups is 1. The van der Waals surface area contributed by atoms with E-state index in [4.69, 9.17) is 4.74 Å². The first-order chi connectivity index (χ1) is 7.08. The lowest BCUT2D eigenvalue weighted by molar-refractivity contribution is 0.125. The van der Waals surface area contributed by atoms with E-state index < -0.39 is 0 Å². The first-order valence-electron chi connectivity index (χ1n) is 6.01. The van der Waals surface area contributed by atoms with Crippen LogP contribution in [0.1, 0.15) is 46.5 Å². The van der Waals surface area contributed by atoms with Crippen molar-refractivity contribution in [3.8, 4) is 0 Å². The van der Waals surface area contributed by atoms with Gasteiger partial charge in [0.1, 0.15) is 0 Å². The van der Waals surface area contributed by atoms with Crippen LogP contribution in [0.5, 0.6) is 0 Å². The summed E-state index contributed by atoms with van der Waals surface area (Å²) in [4.78, 5) is 11.4. The molecule has 0 aromatic carbocycles. The van der Waals surface area contributed by atoms with Crippen LogP contribution in [0.15, 0.2) is 0 Å². The summed E-state index contributed by atoms with van der Waals surface area (Å²) in [5.74, 6) is 1.22. The molecule has 1 amide bonds. The van der Waals surface area contributed by atoms with Crippen LogP contribution in [-0.4, -0.2) is 18.7 Å². The van der Waals surface area contributed by atoms with Gasteiger partial charge in [-0.25, -0.2) is 4.79 Å². The molecule has 0 heterocycles. The van der Waals surface area contributed by atoms with Crippen molar-refractivity contribution in [1.82, 2.24) is 5.32 Å². The van der Waals surface area contributed by atoms with E-state index in [1.54, 1.807) is 0 Å². The molecule has 0 spiro atoms. The largest absolute Gasteiger partial charge is 0.449 e. The second-order valence-corrected chi connectivity index (χ2v) is 5.09. The molecule has 0 radical (unpaired) electrons. The molecule has 0 bridgehead atoms. The molecule has 0 atom stereocenters. The van der Waals surface area contributed by atoms with Crippen molar-refractivity contribution in [3.05, 3.63) is 0 Å². The highest BCUT2D eigenvalue weighted by atomic mass is 16.5. The van der Waals surface area contributed by atoms with E-state index in [1.165, 1.54) is 12.8 Å². The fourth-order valence-corrected chi connectivity index (χ4v) is 1.86. The zero-order valence-corrected chi connectivity index (χ0v) is 10.1. The fourth-order valence-electron chi connectivity index (χ4n) is 1.86. The first-order valence-corrected chi connectivity index (χ1v) is 6.01. The van der Waals surface area contributed by atoms with Crippen LogP contribution in [-0.2, 0) is 4.74 Å². The molecular weight excluding hydrogens is 190 g/mol. The molecule has 1 saturated carbocycles. The van der Waals surface area contributed by atoms with Crippen molar-refractivity contribution in [3.63, 3.8) is 0 Å². The molecule has 1 aliphatic carbocycles. The molecule has 15 heavy (non-hydrogen) atoms. The quantitative estimate of drug-likeness (QED) is 0.782. The summed E-state index contributed by atoms with van der Waals surface area (Å²) >= 11 is 0. The van der Waals surface area contributed by atoms with Crippen molar-refractivity contribution in [2.45, 2.75) is 52.5 Å². The van der Waals surface area contributed by atoms with Crippen LogP contribution >= 0.6 is 0 Å². The molecule has 88 valence electrons. The fraction of sp³-hybridized carbons (Fsp3) is 0.917. The third-order valence-electron chi connectivity index (χ3n) is 2.89. The van der Waals surface area contributed by atoms with Gasteiger partial charge in [0.15, 0.2) is 0 Å². The minimum atomic E-state index is -0.247. The highest BCUT2D eigenvalue weighted by Crippen LogP contribution is 2.23. The molecule has 0 aliphatic heterocycles. The number of alkyl carbamates (subject to hydrolysis) is 1. The molecule has 1 rings (SSSR count). The molecule has 1 N–H and O–H groups in total. The lowest BCUT2D eigenvalue weighted by Crippen LogP contribution is -2.38. The summed E-state index contributed by atoms with van der Waals surface area (Å²) < 4.78 is 5.08. The van der Waals surface area contributed by atoms with Gasteiger partial charge in [0.2, 0.25) is 0 Å². The second kappa shape index (κ2) is 5.99. The van der Waals surface area contributed by atoms with Crippen molar-refractivity contribution in [2.75, 3.05) is 6.61 Å². The van der Waals surface area contributed by atoms with E-state index in [1.807, 2.05) is 13.8 Å². The van der Waals surface area contributed by atoms with E-state index in [-0.39, 0.29) is 6.09 Å². The summed E-state index contributed by atoms with van der Waals surface area (Å²) in [7, 11) is 0. The Bertz CT molecular complexity index is 196. The van der Waals surface area contributed by atoms with E-state index in [2.05, 4.69) is 12.2 Å². The average Bonchev–Trinajstić information content (AvgIpc) is 2.19. The molecule has 1 fully saturated rings. The van der Waals surface area contributed by atoms with Crippen LogP contribution in [0.25, 0.3) is 0 Å². The van der Waals surface area contributed by atoms with E-state index in [0.29, 0.717) is 18.6 Å². The molecule has 0 aromatic heterocycles. The number of hydrogen-bond donors (Lipinski definition) is 1. The predicted octanol–water partition coefficient (Wildman–Crippen LogP) is 2.95. The van der Waals surface area contributed by atoms with Gasteiger partial charge in [-0.05, 0) is 37.5 Å². The number of amides is 1. The Hall–Kier alpha value is -0.730. The molecule has 0 unspecified atom stereocenters. The smallest absolute Gasteiger partial charge is 0.407 e. The molecule has 3 heteroatoms. The van der Waals surface area contributed by atoms with Crippen LogP contribution in [0.2, 0.25) is 0 Å². The lowest BCUT2D eigenvalue weighted by Gasteiger charge is -2.26. The minimum absolute atomic E-state index is 0.247. The Labute approximate surface area is 92.6 Å². The maximum absolute atomic E-state index is 11.4. The Kier molecular flexibility index (Phi) is 4.92. The van der Waals surface area contributed by atoms with Gasteiger partial charge in [0.25, 0.3) is 0 Å². The maximum Gasteiger partial charge on any atom is 0.407 e. The Morgan fingerprint density at radius 2 is 1.93 bits per heavy atom. The number of carbonyl (C=O) groups excluding carboxylic acids is 1. The second-order valence-electron chi connectivity index (χ2n) is 5.09. The number of nitrogens with one attached hydrogen (secondary N) is 1. The summed E-state index contributed by atoms with van der Waals surface area (Å²) in [5, 5.41) is 2.93. The van der Waals surface area contributed by atoms with Crippen molar-refractivity contribution >= 4 is 6.09 Å². The van der Waals surface area contributed by atoms with Crippen molar-refractivity contribution in [1.29, 1.82) is 0 Å². The van der Waals surface area contributed by atoms with Crippen LogP contribution in [0.3, 0.4) is 0 Å². The van der Waals surface area contributed by atoms with Gasteiger partial charge in [-0.2, -0.15) is 0 Å². The summed E-state index contributed by atoms with van der Waals surface area (Å²) in [6.07, 6.45) is 4.38. The number of hydrogen-bond acceptors (Lipinski definition) is 2. The monoisotopic (exact) mass is 213 g/mol. The normalized spacial score (nSPS) is 26.4. The zero-order chi connectivity index (χ0) is 11.3. The zero-order valence-electron chi connectivity index (χ0n) is 10.1. The van der Waals surface area contributed by atoms with Gasteiger partial charge in [0, 0.05) is 6.04 Å². The highest BCUT2D eigenvalue weighted by molar-refractivity contribution is 5.67. The summed E-state index contributed by atoms with van der Waals surface area (Å²) in [6.45, 7) is 6.85. The third kappa shape index (κ3) is 5.05. The predicted molar refractivity (Wildman–Crippen MR) is 60.7 cm³/mol. The summed E-state index contributed by atoms with van der Waals surface area (Å²) in [6, 6.07) is 0.334. The molecule has 0 aromatic rings. The molecule has 1 aliphatic rings. The third-order valence-corrected chi connectivity index (χ3v) is 2.89. The SMILES string of the molecule is CC(C)COC(=O)NC1CCC(C)CC1. The van der Waals surface area contributed by atoms with Crippen molar-refractivity contribution in [2.24, 2.45) is 11.8 Å². The maximum atomic E-state index is 11.4. The average molecular weight is 213 g/mol. The Balaban J connectivity index is 2.15. The Morgan fingerprint density at radius 3 is 2.47 bits per heavy atom. The number of rotatable bonds is 3. The first kappa shape index (κ1) is 12.3. The van der Waals surface area contributed by atoms with Crippen molar-refractivity contribution < 1.29 is 9.53 Å². The van der Waals surface area contributed by atoms with Gasteiger partial charge >= 0.3 is 6.09 Å². The lowest BCUT2D eigenvalue weighted by atomic mass is 9.87. The van der Waals surface area contributed by atoms with Crippen LogP contribution in [0, 0.1) is 11.8 Å². The highest BCUT2D eigenvalue weighted by Gasteiger charge is 2.20. The topological polar surface area (TPSA) is 38.3 Å². The molecule has 0 saturated heterocycles. The van der Waals surface area contributed by atoms with Gasteiger partial charge in [0.05, 0.1) is 6.61 Å². The summed E-state index contributed by atoms with van der Waals surface area (Å²) in [5.41, 5.74) is 0. The van der Waals surface area contributed by atoms with Gasteiger partial charge in [-0.1, -0.05) is 20.8 Å². The minimum Gasteiger partial charge on any atom is -0.449 e. The van der Waals surface area contributed by atoms with E-state index in [9.17, 15) is 4.79 Å². The van der Waals surface area contributed by atoms with Gasteiger partial charge < -0.3 is 10.1 Å². The van der Waals surface area contributed by atoms with Gasteiger partial charge in [-0.15, -0.1) is 0 Å². The molecular formula is C12H23NO2. The standard InChI is InChI=1S/C12H23NO2/c1-9(2)8-15-12(14)13-11-6-4-10(3)5-7-11/h9-11H,4-8H2,1-3H3,(H,13,14). The van der Waals surface area contributed by atoms with Gasteiger partial charge in [-0.3, -0.25) is 0 Å². The van der Waals surface area contributed by atoms with E-state index in [0.717, 1.165) is 18.8 Å². The molecule has 3 nitrogen and oxygen atoms in total.